The lowest BCUT2D eigenvalue weighted by molar-refractivity contribution is 0.270. The Hall–Kier alpha value is -0.920. The van der Waals surface area contributed by atoms with E-state index in [-0.39, 0.29) is 15.9 Å². The van der Waals surface area contributed by atoms with Crippen molar-refractivity contribution in [2.75, 3.05) is 12.3 Å². The second kappa shape index (κ2) is 4.99. The Balaban J connectivity index is 3.34. The Morgan fingerprint density at radius 3 is 2.39 bits per heavy atom. The van der Waals surface area contributed by atoms with Crippen molar-refractivity contribution < 1.29 is 8.42 Å². The molecule has 0 bridgehead atoms. The van der Waals surface area contributed by atoms with E-state index in [9.17, 15) is 8.42 Å². The highest BCUT2D eigenvalue weighted by molar-refractivity contribution is 7.91. The van der Waals surface area contributed by atoms with Gasteiger partial charge < -0.3 is 5.73 Å². The zero-order valence-corrected chi connectivity index (χ0v) is 12.7. The van der Waals surface area contributed by atoms with Gasteiger partial charge in [-0.3, -0.25) is 0 Å². The highest BCUT2D eigenvalue weighted by atomic mass is 32.2. The average Bonchev–Trinajstić information content (AvgIpc) is 2.53. The number of aryl methyl sites for hydroxylation is 1. The molecule has 0 amide bonds. The number of nitrogens with zero attached hydrogens (tertiary/aromatic N) is 2. The van der Waals surface area contributed by atoms with Gasteiger partial charge in [-0.2, -0.15) is 4.31 Å². The highest BCUT2D eigenvalue weighted by Gasteiger charge is 2.35. The fraction of sp³-hybridized carbons (Fsp3) is 0.545. The Morgan fingerprint density at radius 2 is 2.06 bits per heavy atom. The minimum atomic E-state index is -3.59. The molecular weight excluding hydrogens is 270 g/mol. The van der Waals surface area contributed by atoms with Gasteiger partial charge in [-0.15, -0.1) is 6.58 Å². The van der Waals surface area contributed by atoms with E-state index in [1.165, 1.54) is 4.31 Å². The highest BCUT2D eigenvalue weighted by Crippen LogP contribution is 2.31. The quantitative estimate of drug-likeness (QED) is 0.860. The molecule has 0 aliphatic carbocycles. The SMILES string of the molecule is C=CCN(C(C)(C)C)S(=O)(=O)c1sc(N)nc1C. The van der Waals surface area contributed by atoms with Gasteiger partial charge in [-0.25, -0.2) is 13.4 Å². The van der Waals surface area contributed by atoms with Crippen LogP contribution in [0.2, 0.25) is 0 Å². The maximum absolute atomic E-state index is 12.6. The number of nitrogen functional groups attached to an aromatic ring is 1. The molecule has 0 atom stereocenters. The molecule has 18 heavy (non-hydrogen) atoms. The van der Waals surface area contributed by atoms with Crippen LogP contribution in [-0.2, 0) is 10.0 Å². The summed E-state index contributed by atoms with van der Waals surface area (Å²) in [6, 6.07) is 0. The summed E-state index contributed by atoms with van der Waals surface area (Å²) in [5, 5.41) is 0.263. The molecule has 0 aromatic carbocycles. The first-order valence-corrected chi connectivity index (χ1v) is 7.73. The third-order valence-corrected chi connectivity index (χ3v) is 6.04. The Kier molecular flexibility index (Phi) is 4.19. The van der Waals surface area contributed by atoms with Crippen LogP contribution in [0.1, 0.15) is 26.5 Å². The number of thiazole rings is 1. The van der Waals surface area contributed by atoms with Gasteiger partial charge >= 0.3 is 0 Å². The van der Waals surface area contributed by atoms with Crippen LogP contribution in [0.3, 0.4) is 0 Å². The Morgan fingerprint density at radius 1 is 1.50 bits per heavy atom. The van der Waals surface area contributed by atoms with Gasteiger partial charge in [-0.1, -0.05) is 17.4 Å². The summed E-state index contributed by atoms with van der Waals surface area (Å²) in [6.45, 7) is 11.0. The molecule has 1 aromatic rings. The van der Waals surface area contributed by atoms with Crippen LogP contribution in [0.25, 0.3) is 0 Å². The van der Waals surface area contributed by atoms with Crippen molar-refractivity contribution in [3.63, 3.8) is 0 Å². The molecule has 0 saturated heterocycles. The Labute approximate surface area is 112 Å². The summed E-state index contributed by atoms with van der Waals surface area (Å²) in [5.74, 6) is 0. The summed E-state index contributed by atoms with van der Waals surface area (Å²) in [4.78, 5) is 3.97. The molecule has 1 aromatic heterocycles. The second-order valence-corrected chi connectivity index (χ2v) is 8.01. The zero-order chi connectivity index (χ0) is 14.1. The molecule has 0 spiro atoms. The normalized spacial score (nSPS) is 12.9. The largest absolute Gasteiger partial charge is 0.375 e. The summed E-state index contributed by atoms with van der Waals surface area (Å²) in [5.41, 5.74) is 5.47. The summed E-state index contributed by atoms with van der Waals surface area (Å²) >= 11 is 0.994. The lowest BCUT2D eigenvalue weighted by Crippen LogP contribution is -2.45. The minimum absolute atomic E-state index is 0.205. The van der Waals surface area contributed by atoms with Gasteiger partial charge in [0.2, 0.25) is 0 Å². The monoisotopic (exact) mass is 289 g/mol. The van der Waals surface area contributed by atoms with E-state index >= 15 is 0 Å². The first-order chi connectivity index (χ1) is 8.10. The number of rotatable bonds is 4. The molecule has 7 heteroatoms. The van der Waals surface area contributed by atoms with Crippen LogP contribution in [-0.4, -0.2) is 29.8 Å². The summed E-state index contributed by atoms with van der Waals surface area (Å²) < 4.78 is 26.8. The molecule has 0 aliphatic heterocycles. The maximum atomic E-state index is 12.6. The molecule has 1 heterocycles. The van der Waals surface area contributed by atoms with Crippen LogP contribution in [0, 0.1) is 6.92 Å². The number of aromatic nitrogens is 1. The van der Waals surface area contributed by atoms with E-state index in [1.807, 2.05) is 20.8 Å². The smallest absolute Gasteiger partial charge is 0.255 e. The van der Waals surface area contributed by atoms with Gasteiger partial charge in [0.25, 0.3) is 10.0 Å². The molecule has 5 nitrogen and oxygen atoms in total. The van der Waals surface area contributed by atoms with Crippen LogP contribution in [0.4, 0.5) is 5.13 Å². The van der Waals surface area contributed by atoms with Crippen molar-refractivity contribution >= 4 is 26.5 Å². The fourth-order valence-corrected chi connectivity index (χ4v) is 4.75. The summed E-state index contributed by atoms with van der Waals surface area (Å²) in [6.07, 6.45) is 1.57. The number of sulfonamides is 1. The zero-order valence-electron chi connectivity index (χ0n) is 11.1. The third-order valence-electron chi connectivity index (χ3n) is 2.34. The Bertz CT molecular complexity index is 541. The van der Waals surface area contributed by atoms with Crippen molar-refractivity contribution in [3.05, 3.63) is 18.3 Å². The van der Waals surface area contributed by atoms with Gasteiger partial charge in [0.05, 0.1) is 5.69 Å². The van der Waals surface area contributed by atoms with Crippen molar-refractivity contribution in [3.8, 4) is 0 Å². The lowest BCUT2D eigenvalue weighted by atomic mass is 10.1. The van der Waals surface area contributed by atoms with E-state index in [0.29, 0.717) is 5.69 Å². The van der Waals surface area contributed by atoms with Crippen molar-refractivity contribution in [1.82, 2.24) is 9.29 Å². The van der Waals surface area contributed by atoms with Crippen LogP contribution < -0.4 is 5.73 Å². The van der Waals surface area contributed by atoms with Crippen LogP contribution in [0.5, 0.6) is 0 Å². The van der Waals surface area contributed by atoms with Crippen molar-refractivity contribution in [1.29, 1.82) is 0 Å². The van der Waals surface area contributed by atoms with Gasteiger partial charge in [0.1, 0.15) is 0 Å². The van der Waals surface area contributed by atoms with E-state index in [4.69, 9.17) is 5.73 Å². The predicted octanol–water partition coefficient (Wildman–Crippen LogP) is 2.01. The minimum Gasteiger partial charge on any atom is -0.375 e. The topological polar surface area (TPSA) is 76.3 Å². The molecule has 1 rings (SSSR count). The molecule has 0 aliphatic rings. The van der Waals surface area contributed by atoms with E-state index in [2.05, 4.69) is 11.6 Å². The number of hydrogen-bond acceptors (Lipinski definition) is 5. The fourth-order valence-electron chi connectivity index (χ4n) is 1.59. The second-order valence-electron chi connectivity index (χ2n) is 4.92. The molecule has 102 valence electrons. The van der Waals surface area contributed by atoms with Crippen molar-refractivity contribution in [2.24, 2.45) is 0 Å². The van der Waals surface area contributed by atoms with E-state index in [1.54, 1.807) is 13.0 Å². The molecule has 0 unspecified atom stereocenters. The van der Waals surface area contributed by atoms with Gasteiger partial charge in [0.15, 0.2) is 9.34 Å². The lowest BCUT2D eigenvalue weighted by Gasteiger charge is -2.33. The van der Waals surface area contributed by atoms with Crippen molar-refractivity contribution in [2.45, 2.75) is 37.4 Å². The molecule has 0 radical (unpaired) electrons. The number of nitrogens with two attached hydrogens (primary N) is 1. The van der Waals surface area contributed by atoms with Crippen LogP contribution >= 0.6 is 11.3 Å². The molecule has 0 fully saturated rings. The predicted molar refractivity (Wildman–Crippen MR) is 75.1 cm³/mol. The third kappa shape index (κ3) is 2.90. The first kappa shape index (κ1) is 15.1. The van der Waals surface area contributed by atoms with E-state index < -0.39 is 15.6 Å². The van der Waals surface area contributed by atoms with Crippen LogP contribution in [0.15, 0.2) is 16.9 Å². The van der Waals surface area contributed by atoms with Gasteiger partial charge in [-0.05, 0) is 27.7 Å². The molecule has 2 N–H and O–H groups in total. The summed E-state index contributed by atoms with van der Waals surface area (Å²) in [7, 11) is -3.59. The number of anilines is 1. The number of hydrogen-bond donors (Lipinski definition) is 1. The van der Waals surface area contributed by atoms with Gasteiger partial charge in [0, 0.05) is 12.1 Å². The first-order valence-electron chi connectivity index (χ1n) is 5.47. The van der Waals surface area contributed by atoms with E-state index in [0.717, 1.165) is 11.3 Å². The molecule has 0 saturated carbocycles. The maximum Gasteiger partial charge on any atom is 0.255 e. The average molecular weight is 289 g/mol. The standard InChI is InChI=1S/C11H19N3O2S2/c1-6-7-14(11(3,4)5)18(15,16)9-8(2)13-10(12)17-9/h6H,1,7H2,2-5H3,(H2,12,13). The molecular formula is C11H19N3O2S2.